The van der Waals surface area contributed by atoms with E-state index in [1.807, 2.05) is 29.6 Å². The van der Waals surface area contributed by atoms with Crippen molar-refractivity contribution < 1.29 is 19.1 Å². The summed E-state index contributed by atoms with van der Waals surface area (Å²) in [5.74, 6) is -0.617. The highest BCUT2D eigenvalue weighted by Crippen LogP contribution is 2.23. The highest BCUT2D eigenvalue weighted by atomic mass is 32.1. The van der Waals surface area contributed by atoms with Crippen molar-refractivity contribution in [3.05, 3.63) is 52.2 Å². The summed E-state index contributed by atoms with van der Waals surface area (Å²) >= 11 is 1.62. The Bertz CT molecular complexity index is 776. The molecule has 150 valence electrons. The minimum atomic E-state index is -0.656. The Morgan fingerprint density at radius 2 is 1.93 bits per heavy atom. The number of benzene rings is 1. The van der Waals surface area contributed by atoms with Gasteiger partial charge in [-0.05, 0) is 28.5 Å². The van der Waals surface area contributed by atoms with Crippen LogP contribution in [-0.4, -0.2) is 56.7 Å². The normalized spacial score (nSPS) is 15.6. The Kier molecular flexibility index (Phi) is 7.41. The van der Waals surface area contributed by atoms with E-state index in [-0.39, 0.29) is 12.6 Å². The third-order valence-corrected chi connectivity index (χ3v) is 5.41. The molecule has 1 aliphatic heterocycles. The van der Waals surface area contributed by atoms with Gasteiger partial charge in [-0.3, -0.25) is 14.5 Å². The largest absolute Gasteiger partial charge is 0.496 e. The molecule has 2 N–H and O–H groups in total. The zero-order valence-corrected chi connectivity index (χ0v) is 16.7. The average Bonchev–Trinajstić information content (AvgIpc) is 3.27. The Balaban J connectivity index is 1.54. The number of ether oxygens (including phenoxy) is 2. The van der Waals surface area contributed by atoms with Gasteiger partial charge in [-0.25, -0.2) is 0 Å². The van der Waals surface area contributed by atoms with Gasteiger partial charge in [0.15, 0.2) is 0 Å². The van der Waals surface area contributed by atoms with E-state index in [1.54, 1.807) is 18.4 Å². The number of rotatable bonds is 7. The van der Waals surface area contributed by atoms with Crippen LogP contribution in [0.15, 0.2) is 41.1 Å². The number of carbonyl (C=O) groups excluding carboxylic acids is 2. The SMILES string of the molecule is COc1ccccc1CNC(=O)C(=O)NCC(c1ccsc1)N1CCOCC1. The van der Waals surface area contributed by atoms with E-state index < -0.39 is 11.8 Å². The van der Waals surface area contributed by atoms with Gasteiger partial charge in [0.1, 0.15) is 5.75 Å². The van der Waals surface area contributed by atoms with E-state index in [0.29, 0.717) is 25.5 Å². The van der Waals surface area contributed by atoms with Gasteiger partial charge >= 0.3 is 11.8 Å². The lowest BCUT2D eigenvalue weighted by atomic mass is 10.1. The lowest BCUT2D eigenvalue weighted by Crippen LogP contribution is -2.46. The van der Waals surface area contributed by atoms with Gasteiger partial charge in [0.05, 0.1) is 26.4 Å². The lowest BCUT2D eigenvalue weighted by Gasteiger charge is -2.34. The Labute approximate surface area is 168 Å². The monoisotopic (exact) mass is 403 g/mol. The van der Waals surface area contributed by atoms with Crippen LogP contribution in [0.1, 0.15) is 17.2 Å². The molecule has 1 aliphatic rings. The number of para-hydroxylation sites is 1. The molecule has 0 saturated carbocycles. The molecule has 3 rings (SSSR count). The molecule has 7 nitrogen and oxygen atoms in total. The number of nitrogens with zero attached hydrogens (tertiary/aromatic N) is 1. The predicted octanol–water partition coefficient (Wildman–Crippen LogP) is 1.56. The zero-order valence-electron chi connectivity index (χ0n) is 15.8. The van der Waals surface area contributed by atoms with Crippen LogP contribution in [0, 0.1) is 0 Å². The Morgan fingerprint density at radius 1 is 1.18 bits per heavy atom. The first kappa shape index (κ1) is 20.3. The van der Waals surface area contributed by atoms with Gasteiger partial charge in [0.25, 0.3) is 0 Å². The first-order valence-electron chi connectivity index (χ1n) is 9.21. The van der Waals surface area contributed by atoms with E-state index in [4.69, 9.17) is 9.47 Å². The topological polar surface area (TPSA) is 79.9 Å². The quantitative estimate of drug-likeness (QED) is 0.686. The summed E-state index contributed by atoms with van der Waals surface area (Å²) in [4.78, 5) is 26.8. The van der Waals surface area contributed by atoms with Crippen molar-refractivity contribution in [2.24, 2.45) is 0 Å². The standard InChI is InChI=1S/C20H25N3O4S/c1-26-18-5-3-2-4-15(18)12-21-19(24)20(25)22-13-17(16-6-11-28-14-16)23-7-9-27-10-8-23/h2-6,11,14,17H,7-10,12-13H2,1H3,(H,21,24)(H,22,25). The number of thiophene rings is 1. The number of carbonyl (C=O) groups is 2. The number of hydrogen-bond acceptors (Lipinski definition) is 6. The number of methoxy groups -OCH3 is 1. The average molecular weight is 404 g/mol. The van der Waals surface area contributed by atoms with Crippen LogP contribution in [0.4, 0.5) is 0 Å². The van der Waals surface area contributed by atoms with Crippen molar-refractivity contribution in [3.8, 4) is 5.75 Å². The van der Waals surface area contributed by atoms with Gasteiger partial charge in [-0.1, -0.05) is 18.2 Å². The van der Waals surface area contributed by atoms with Crippen LogP contribution in [0.5, 0.6) is 5.75 Å². The molecule has 0 aliphatic carbocycles. The van der Waals surface area contributed by atoms with Crippen LogP contribution in [0.3, 0.4) is 0 Å². The van der Waals surface area contributed by atoms with Crippen LogP contribution in [0.25, 0.3) is 0 Å². The molecule has 1 fully saturated rings. The van der Waals surface area contributed by atoms with E-state index in [9.17, 15) is 9.59 Å². The van der Waals surface area contributed by atoms with Crippen molar-refractivity contribution in [3.63, 3.8) is 0 Å². The summed E-state index contributed by atoms with van der Waals surface area (Å²) in [6, 6.07) is 9.46. The van der Waals surface area contributed by atoms with Crippen molar-refractivity contribution in [2.45, 2.75) is 12.6 Å². The second-order valence-corrected chi connectivity index (χ2v) is 7.21. The van der Waals surface area contributed by atoms with Gasteiger partial charge in [0.2, 0.25) is 0 Å². The molecule has 0 spiro atoms. The molecule has 28 heavy (non-hydrogen) atoms. The lowest BCUT2D eigenvalue weighted by molar-refractivity contribution is -0.139. The fraction of sp³-hybridized carbons (Fsp3) is 0.400. The fourth-order valence-corrected chi connectivity index (χ4v) is 3.89. The van der Waals surface area contributed by atoms with Crippen LogP contribution in [0.2, 0.25) is 0 Å². The molecule has 1 aromatic heterocycles. The minimum Gasteiger partial charge on any atom is -0.496 e. The number of nitrogens with one attached hydrogen (secondary N) is 2. The second kappa shape index (κ2) is 10.2. The molecule has 0 bridgehead atoms. The maximum Gasteiger partial charge on any atom is 0.309 e. The number of amides is 2. The molecule has 1 aromatic carbocycles. The van der Waals surface area contributed by atoms with Crippen LogP contribution < -0.4 is 15.4 Å². The molecule has 0 radical (unpaired) electrons. The van der Waals surface area contributed by atoms with Crippen molar-refractivity contribution >= 4 is 23.2 Å². The molecular formula is C20H25N3O4S. The van der Waals surface area contributed by atoms with E-state index in [1.165, 1.54) is 0 Å². The molecule has 2 aromatic rings. The number of morpholine rings is 1. The van der Waals surface area contributed by atoms with Crippen molar-refractivity contribution in [2.75, 3.05) is 40.0 Å². The fourth-order valence-electron chi connectivity index (χ4n) is 3.19. The van der Waals surface area contributed by atoms with Crippen molar-refractivity contribution in [1.29, 1.82) is 0 Å². The summed E-state index contributed by atoms with van der Waals surface area (Å²) in [5.41, 5.74) is 1.96. The summed E-state index contributed by atoms with van der Waals surface area (Å²) in [6.45, 7) is 3.56. The maximum absolute atomic E-state index is 12.3. The molecular weight excluding hydrogens is 378 g/mol. The van der Waals surface area contributed by atoms with Crippen LogP contribution >= 0.6 is 11.3 Å². The maximum atomic E-state index is 12.3. The van der Waals surface area contributed by atoms with Crippen LogP contribution in [-0.2, 0) is 20.9 Å². The summed E-state index contributed by atoms with van der Waals surface area (Å²) in [5, 5.41) is 9.52. The molecule has 1 saturated heterocycles. The van der Waals surface area contributed by atoms with Gasteiger partial charge in [-0.15, -0.1) is 0 Å². The molecule has 2 amide bonds. The van der Waals surface area contributed by atoms with Gasteiger partial charge in [-0.2, -0.15) is 11.3 Å². The predicted molar refractivity (Wildman–Crippen MR) is 107 cm³/mol. The molecule has 2 heterocycles. The Hall–Kier alpha value is -2.42. The number of hydrogen-bond donors (Lipinski definition) is 2. The third kappa shape index (κ3) is 5.31. The van der Waals surface area contributed by atoms with E-state index >= 15 is 0 Å². The third-order valence-electron chi connectivity index (χ3n) is 4.71. The molecule has 1 atom stereocenters. The van der Waals surface area contributed by atoms with E-state index in [2.05, 4.69) is 27.0 Å². The van der Waals surface area contributed by atoms with Gasteiger partial charge in [0, 0.05) is 31.7 Å². The van der Waals surface area contributed by atoms with Crippen molar-refractivity contribution in [1.82, 2.24) is 15.5 Å². The summed E-state index contributed by atoms with van der Waals surface area (Å²) in [7, 11) is 1.57. The molecule has 1 unspecified atom stereocenters. The molecule has 8 heteroatoms. The highest BCUT2D eigenvalue weighted by molar-refractivity contribution is 7.08. The Morgan fingerprint density at radius 3 is 2.64 bits per heavy atom. The highest BCUT2D eigenvalue weighted by Gasteiger charge is 2.24. The summed E-state index contributed by atoms with van der Waals surface area (Å²) in [6.07, 6.45) is 0. The first-order chi connectivity index (χ1) is 13.7. The summed E-state index contributed by atoms with van der Waals surface area (Å²) < 4.78 is 10.7. The smallest absolute Gasteiger partial charge is 0.309 e. The second-order valence-electron chi connectivity index (χ2n) is 6.43. The zero-order chi connectivity index (χ0) is 19.8. The van der Waals surface area contributed by atoms with E-state index in [0.717, 1.165) is 24.2 Å². The van der Waals surface area contributed by atoms with Gasteiger partial charge < -0.3 is 20.1 Å². The first-order valence-corrected chi connectivity index (χ1v) is 10.1. The minimum absolute atomic E-state index is 0.0288.